The van der Waals surface area contributed by atoms with Crippen LogP contribution in [0.5, 0.6) is 0 Å². The Labute approximate surface area is 230 Å². The van der Waals surface area contributed by atoms with Crippen molar-refractivity contribution in [1.82, 2.24) is 14.9 Å². The molecule has 0 bridgehead atoms. The lowest BCUT2D eigenvalue weighted by Crippen LogP contribution is -2.54. The summed E-state index contributed by atoms with van der Waals surface area (Å²) in [7, 11) is 0. The molecule has 1 aromatic heterocycles. The minimum absolute atomic E-state index is 0.0559. The monoisotopic (exact) mass is 522 g/mol. The molecule has 5 aliphatic rings. The van der Waals surface area contributed by atoms with E-state index in [1.54, 1.807) is 12.4 Å². The first-order valence-electron chi connectivity index (χ1n) is 15.8. The Morgan fingerprint density at radius 3 is 2.45 bits per heavy atom. The maximum atomic E-state index is 13.2. The van der Waals surface area contributed by atoms with Crippen LogP contribution in [0.2, 0.25) is 0 Å². The van der Waals surface area contributed by atoms with E-state index in [0.717, 1.165) is 81.0 Å². The fraction of sp³-hybridized carbons (Fsp3) is 0.844. The number of piperazine rings is 1. The van der Waals surface area contributed by atoms with Crippen LogP contribution < -0.4 is 4.90 Å². The number of amides is 1. The van der Waals surface area contributed by atoms with Gasteiger partial charge in [-0.25, -0.2) is 9.97 Å². The molecular weight excluding hydrogens is 472 g/mol. The number of hydrogen-bond donors (Lipinski definition) is 1. The second-order valence-corrected chi connectivity index (χ2v) is 14.2. The molecule has 6 heteroatoms. The first-order valence-corrected chi connectivity index (χ1v) is 15.8. The number of aliphatic hydroxyl groups excluding tert-OH is 1. The van der Waals surface area contributed by atoms with Crippen molar-refractivity contribution < 1.29 is 9.90 Å². The van der Waals surface area contributed by atoms with Crippen molar-refractivity contribution in [2.24, 2.45) is 46.3 Å². The fourth-order valence-electron chi connectivity index (χ4n) is 10.5. The zero-order valence-corrected chi connectivity index (χ0v) is 24.0. The fourth-order valence-corrected chi connectivity index (χ4v) is 10.5. The van der Waals surface area contributed by atoms with Crippen LogP contribution in [0, 0.1) is 46.3 Å². The van der Waals surface area contributed by atoms with Crippen LogP contribution in [0.1, 0.15) is 91.4 Å². The van der Waals surface area contributed by atoms with Gasteiger partial charge in [-0.05, 0) is 117 Å². The van der Waals surface area contributed by atoms with Crippen LogP contribution in [-0.2, 0) is 4.79 Å². The van der Waals surface area contributed by atoms with E-state index >= 15 is 0 Å². The second kappa shape index (κ2) is 10.4. The number of aromatic nitrogens is 2. The van der Waals surface area contributed by atoms with Gasteiger partial charge in [0.05, 0.1) is 6.10 Å². The van der Waals surface area contributed by atoms with Crippen molar-refractivity contribution in [2.45, 2.75) is 97.5 Å². The van der Waals surface area contributed by atoms with Gasteiger partial charge < -0.3 is 14.9 Å². The number of aliphatic hydroxyl groups is 1. The Bertz CT molecular complexity index is 981. The quantitative estimate of drug-likeness (QED) is 0.548. The summed E-state index contributed by atoms with van der Waals surface area (Å²) >= 11 is 0. The maximum Gasteiger partial charge on any atom is 0.225 e. The highest BCUT2D eigenvalue weighted by Crippen LogP contribution is 2.68. The summed E-state index contributed by atoms with van der Waals surface area (Å²) in [5, 5.41) is 10.3. The largest absolute Gasteiger partial charge is 0.393 e. The lowest BCUT2D eigenvalue weighted by molar-refractivity contribution is -0.133. The van der Waals surface area contributed by atoms with E-state index in [0.29, 0.717) is 29.1 Å². The number of fused-ring (bicyclic) bond motifs is 5. The smallest absolute Gasteiger partial charge is 0.225 e. The normalized spacial score (nSPS) is 41.7. The minimum Gasteiger partial charge on any atom is -0.393 e. The zero-order chi connectivity index (χ0) is 26.5. The summed E-state index contributed by atoms with van der Waals surface area (Å²) in [4.78, 5) is 26.2. The predicted molar refractivity (Wildman–Crippen MR) is 150 cm³/mol. The number of anilines is 1. The molecule has 5 fully saturated rings. The van der Waals surface area contributed by atoms with Gasteiger partial charge >= 0.3 is 0 Å². The molecule has 6 rings (SSSR count). The molecule has 4 saturated carbocycles. The van der Waals surface area contributed by atoms with E-state index < -0.39 is 0 Å². The molecule has 0 unspecified atom stereocenters. The van der Waals surface area contributed by atoms with Gasteiger partial charge in [-0.3, -0.25) is 4.79 Å². The molecule has 0 radical (unpaired) electrons. The Morgan fingerprint density at radius 1 is 0.974 bits per heavy atom. The average Bonchev–Trinajstić information content (AvgIpc) is 3.30. The summed E-state index contributed by atoms with van der Waals surface area (Å²) in [5.74, 6) is 5.82. The van der Waals surface area contributed by atoms with Gasteiger partial charge in [-0.2, -0.15) is 0 Å². The van der Waals surface area contributed by atoms with E-state index in [4.69, 9.17) is 0 Å². The summed E-state index contributed by atoms with van der Waals surface area (Å²) in [5.41, 5.74) is 0.901. The van der Waals surface area contributed by atoms with Crippen molar-refractivity contribution in [3.8, 4) is 0 Å². The van der Waals surface area contributed by atoms with Crippen LogP contribution in [-0.4, -0.2) is 58.2 Å². The minimum atomic E-state index is -0.0559. The molecular formula is C32H50N4O2. The van der Waals surface area contributed by atoms with Crippen LogP contribution in [0.4, 0.5) is 5.95 Å². The Balaban J connectivity index is 1.03. The van der Waals surface area contributed by atoms with Crippen LogP contribution >= 0.6 is 0 Å². The zero-order valence-electron chi connectivity index (χ0n) is 24.0. The Hall–Kier alpha value is -1.69. The SMILES string of the molecule is C[C@H](CCC(=O)N1CCN(c2ncccn2)CC1)[C@H]1CC[C@H]2[C@@H]3CC[C@@H]4C[C@H](O)CC[C@]4(C)[C@H]3CC[C@]12C. The average molecular weight is 523 g/mol. The summed E-state index contributed by atoms with van der Waals surface area (Å²) in [6.45, 7) is 10.8. The van der Waals surface area contributed by atoms with E-state index in [2.05, 4.69) is 40.5 Å². The summed E-state index contributed by atoms with van der Waals surface area (Å²) < 4.78 is 0. The molecule has 1 aromatic rings. The summed E-state index contributed by atoms with van der Waals surface area (Å²) in [6.07, 6.45) is 16.8. The van der Waals surface area contributed by atoms with Crippen molar-refractivity contribution in [2.75, 3.05) is 31.1 Å². The molecule has 2 heterocycles. The highest BCUT2D eigenvalue weighted by atomic mass is 16.3. The van der Waals surface area contributed by atoms with Crippen LogP contribution in [0.25, 0.3) is 0 Å². The molecule has 1 saturated heterocycles. The molecule has 38 heavy (non-hydrogen) atoms. The standard InChI is InChI=1S/C32H50N4O2/c1-22(5-10-29(38)35-17-19-36(20-18-35)30-33-15-4-16-34-30)26-8-9-27-25-7-6-23-21-24(37)11-13-31(23,2)28(25)12-14-32(26,27)3/h4,15-16,22-28,37H,5-14,17-21H2,1-3H3/t22-,23-,24-,25+,26-,27+,28+,31+,32-/m1/s1. The van der Waals surface area contributed by atoms with Crippen LogP contribution in [0.3, 0.4) is 0 Å². The van der Waals surface area contributed by atoms with Crippen molar-refractivity contribution in [3.63, 3.8) is 0 Å². The van der Waals surface area contributed by atoms with Gasteiger partial charge in [0.15, 0.2) is 0 Å². The third-order valence-corrected chi connectivity index (χ3v) is 12.7. The molecule has 0 spiro atoms. The van der Waals surface area contributed by atoms with Gasteiger partial charge in [0, 0.05) is 45.0 Å². The molecule has 0 aromatic carbocycles. The molecule has 6 nitrogen and oxygen atoms in total. The maximum absolute atomic E-state index is 13.2. The topological polar surface area (TPSA) is 69.6 Å². The lowest BCUT2D eigenvalue weighted by Gasteiger charge is -2.61. The third-order valence-electron chi connectivity index (χ3n) is 12.7. The molecule has 1 aliphatic heterocycles. The van der Waals surface area contributed by atoms with Gasteiger partial charge in [0.1, 0.15) is 0 Å². The molecule has 9 atom stereocenters. The number of rotatable bonds is 5. The number of carbonyl (C=O) groups is 1. The van der Waals surface area contributed by atoms with Crippen LogP contribution in [0.15, 0.2) is 18.5 Å². The van der Waals surface area contributed by atoms with Crippen molar-refractivity contribution in [3.05, 3.63) is 18.5 Å². The highest BCUT2D eigenvalue weighted by Gasteiger charge is 2.60. The highest BCUT2D eigenvalue weighted by molar-refractivity contribution is 5.76. The lowest BCUT2D eigenvalue weighted by atomic mass is 9.44. The van der Waals surface area contributed by atoms with E-state index in [1.807, 2.05) is 6.07 Å². The number of hydrogen-bond acceptors (Lipinski definition) is 5. The molecule has 4 aliphatic carbocycles. The van der Waals surface area contributed by atoms with E-state index in [-0.39, 0.29) is 6.10 Å². The molecule has 1 N–H and O–H groups in total. The van der Waals surface area contributed by atoms with Gasteiger partial charge in [0.2, 0.25) is 11.9 Å². The van der Waals surface area contributed by atoms with E-state index in [9.17, 15) is 9.90 Å². The number of carbonyl (C=O) groups excluding carboxylic acids is 1. The van der Waals surface area contributed by atoms with Crippen molar-refractivity contribution >= 4 is 11.9 Å². The van der Waals surface area contributed by atoms with E-state index in [1.165, 1.54) is 44.9 Å². The Morgan fingerprint density at radius 2 is 1.68 bits per heavy atom. The second-order valence-electron chi connectivity index (χ2n) is 14.2. The number of nitrogens with zero attached hydrogens (tertiary/aromatic N) is 4. The first-order chi connectivity index (χ1) is 18.3. The predicted octanol–water partition coefficient (Wildman–Crippen LogP) is 5.56. The first kappa shape index (κ1) is 26.5. The third kappa shape index (κ3) is 4.57. The van der Waals surface area contributed by atoms with Gasteiger partial charge in [-0.1, -0.05) is 20.8 Å². The molecule has 210 valence electrons. The van der Waals surface area contributed by atoms with Gasteiger partial charge in [0.25, 0.3) is 0 Å². The van der Waals surface area contributed by atoms with Gasteiger partial charge in [-0.15, -0.1) is 0 Å². The Kier molecular flexibility index (Phi) is 7.24. The molecule has 1 amide bonds. The van der Waals surface area contributed by atoms with Crippen molar-refractivity contribution in [1.29, 1.82) is 0 Å². The summed E-state index contributed by atoms with van der Waals surface area (Å²) in [6, 6.07) is 1.84.